The highest BCUT2D eigenvalue weighted by molar-refractivity contribution is 6.33. The molecule has 156 valence electrons. The second-order valence-corrected chi connectivity index (χ2v) is 8.43. The van der Waals surface area contributed by atoms with Gasteiger partial charge in [0.2, 0.25) is 11.8 Å². The zero-order chi connectivity index (χ0) is 20.5. The molecule has 0 bridgehead atoms. The Kier molecular flexibility index (Phi) is 9.22. The maximum atomic E-state index is 12.2. The number of carbonyl (C=O) groups excluding carboxylic acids is 2. The van der Waals surface area contributed by atoms with Gasteiger partial charge in [0.1, 0.15) is 0 Å². The number of para-hydroxylation sites is 1. The Labute approximate surface area is 173 Å². The van der Waals surface area contributed by atoms with Gasteiger partial charge in [-0.05, 0) is 37.8 Å². The predicted octanol–water partition coefficient (Wildman–Crippen LogP) is 2.84. The van der Waals surface area contributed by atoms with E-state index >= 15 is 0 Å². The van der Waals surface area contributed by atoms with Crippen LogP contribution in [-0.4, -0.2) is 66.9 Å². The fraction of sp³-hybridized carbons (Fsp3) is 0.619. The molecule has 1 atom stereocenters. The number of piperazine rings is 1. The summed E-state index contributed by atoms with van der Waals surface area (Å²) in [5.74, 6) is 0.669. The fourth-order valence-electron chi connectivity index (χ4n) is 3.24. The first-order valence-electron chi connectivity index (χ1n) is 10.1. The lowest BCUT2D eigenvalue weighted by molar-refractivity contribution is -0.124. The van der Waals surface area contributed by atoms with E-state index in [-0.39, 0.29) is 17.9 Å². The van der Waals surface area contributed by atoms with E-state index in [1.807, 2.05) is 12.1 Å². The minimum Gasteiger partial charge on any atom is -0.353 e. The van der Waals surface area contributed by atoms with Gasteiger partial charge in [-0.25, -0.2) is 0 Å². The van der Waals surface area contributed by atoms with Gasteiger partial charge in [0.15, 0.2) is 0 Å². The summed E-state index contributed by atoms with van der Waals surface area (Å²) in [4.78, 5) is 28.7. The molecule has 1 fully saturated rings. The fourth-order valence-corrected chi connectivity index (χ4v) is 3.42. The third kappa shape index (κ3) is 8.17. The van der Waals surface area contributed by atoms with E-state index in [1.165, 1.54) is 0 Å². The van der Waals surface area contributed by atoms with Crippen molar-refractivity contribution in [2.24, 2.45) is 5.92 Å². The average molecular weight is 409 g/mol. The van der Waals surface area contributed by atoms with Crippen molar-refractivity contribution in [3.8, 4) is 0 Å². The second-order valence-electron chi connectivity index (χ2n) is 8.02. The van der Waals surface area contributed by atoms with Crippen molar-refractivity contribution in [3.05, 3.63) is 29.3 Å². The molecule has 1 saturated heterocycles. The van der Waals surface area contributed by atoms with E-state index in [4.69, 9.17) is 11.6 Å². The summed E-state index contributed by atoms with van der Waals surface area (Å²) in [6.45, 7) is 10.3. The number of hydrogen-bond donors (Lipinski definition) is 2. The highest BCUT2D eigenvalue weighted by Gasteiger charge is 2.21. The van der Waals surface area contributed by atoms with E-state index in [0.29, 0.717) is 29.7 Å². The van der Waals surface area contributed by atoms with Gasteiger partial charge in [-0.3, -0.25) is 19.4 Å². The van der Waals surface area contributed by atoms with Crippen LogP contribution >= 0.6 is 11.6 Å². The molecule has 0 radical (unpaired) electrons. The number of anilines is 1. The lowest BCUT2D eigenvalue weighted by Gasteiger charge is -2.34. The topological polar surface area (TPSA) is 64.7 Å². The standard InChI is InChI=1S/C21H33ClN4O2/c1-16(2)8-9-17(3)23-20(27)14-25-10-12-26(13-11-25)15-21(28)24-19-7-5-4-6-18(19)22/h4-7,16-17H,8-15H2,1-3H3,(H,23,27)(H,24,28)/t17-/m0/s1. The number of halogens is 1. The lowest BCUT2D eigenvalue weighted by atomic mass is 10.0. The molecule has 2 amide bonds. The number of hydrogen-bond acceptors (Lipinski definition) is 4. The van der Waals surface area contributed by atoms with E-state index < -0.39 is 0 Å². The largest absolute Gasteiger partial charge is 0.353 e. The van der Waals surface area contributed by atoms with E-state index in [9.17, 15) is 9.59 Å². The Morgan fingerprint density at radius 2 is 1.54 bits per heavy atom. The first-order valence-corrected chi connectivity index (χ1v) is 10.5. The van der Waals surface area contributed by atoms with Gasteiger partial charge in [-0.1, -0.05) is 37.6 Å². The van der Waals surface area contributed by atoms with Gasteiger partial charge in [0, 0.05) is 32.2 Å². The second kappa shape index (κ2) is 11.4. The number of nitrogens with zero attached hydrogens (tertiary/aromatic N) is 2. The molecular weight excluding hydrogens is 376 g/mol. The SMILES string of the molecule is CC(C)CC[C@H](C)NC(=O)CN1CCN(CC(=O)Nc2ccccc2Cl)CC1. The molecule has 0 aromatic heterocycles. The van der Waals surface area contributed by atoms with Gasteiger partial charge in [0.05, 0.1) is 23.8 Å². The van der Waals surface area contributed by atoms with Crippen LogP contribution in [0.4, 0.5) is 5.69 Å². The van der Waals surface area contributed by atoms with E-state index in [0.717, 1.165) is 39.0 Å². The van der Waals surface area contributed by atoms with Crippen molar-refractivity contribution in [3.63, 3.8) is 0 Å². The van der Waals surface area contributed by atoms with Crippen molar-refractivity contribution in [2.45, 2.75) is 39.7 Å². The van der Waals surface area contributed by atoms with Crippen LogP contribution in [-0.2, 0) is 9.59 Å². The van der Waals surface area contributed by atoms with E-state index in [1.54, 1.807) is 12.1 Å². The highest BCUT2D eigenvalue weighted by Crippen LogP contribution is 2.20. The summed E-state index contributed by atoms with van der Waals surface area (Å²) in [6.07, 6.45) is 2.13. The zero-order valence-electron chi connectivity index (χ0n) is 17.2. The Morgan fingerprint density at radius 1 is 0.964 bits per heavy atom. The number of benzene rings is 1. The van der Waals surface area contributed by atoms with Gasteiger partial charge in [0.25, 0.3) is 0 Å². The molecule has 1 aromatic rings. The van der Waals surface area contributed by atoms with Crippen molar-refractivity contribution in [1.29, 1.82) is 0 Å². The summed E-state index contributed by atoms with van der Waals surface area (Å²) >= 11 is 6.08. The van der Waals surface area contributed by atoms with Crippen LogP contribution in [0.25, 0.3) is 0 Å². The maximum Gasteiger partial charge on any atom is 0.238 e. The maximum absolute atomic E-state index is 12.2. The van der Waals surface area contributed by atoms with Crippen LogP contribution in [0.3, 0.4) is 0 Å². The average Bonchev–Trinajstić information content (AvgIpc) is 2.63. The summed E-state index contributed by atoms with van der Waals surface area (Å²) in [5.41, 5.74) is 0.635. The Bertz CT molecular complexity index is 645. The van der Waals surface area contributed by atoms with Gasteiger partial charge in [-0.2, -0.15) is 0 Å². The molecule has 6 nitrogen and oxygen atoms in total. The van der Waals surface area contributed by atoms with Crippen molar-refractivity contribution < 1.29 is 9.59 Å². The van der Waals surface area contributed by atoms with Crippen LogP contribution < -0.4 is 10.6 Å². The molecule has 2 rings (SSSR count). The number of carbonyl (C=O) groups is 2. The Balaban J connectivity index is 1.66. The summed E-state index contributed by atoms with van der Waals surface area (Å²) in [6, 6.07) is 7.43. The third-order valence-electron chi connectivity index (χ3n) is 4.93. The van der Waals surface area contributed by atoms with Crippen LogP contribution in [0.5, 0.6) is 0 Å². The monoisotopic (exact) mass is 408 g/mol. The summed E-state index contributed by atoms with van der Waals surface area (Å²) in [5, 5.41) is 6.48. The molecule has 1 aliphatic heterocycles. The molecule has 0 saturated carbocycles. The Morgan fingerprint density at radius 3 is 2.11 bits per heavy atom. The lowest BCUT2D eigenvalue weighted by Crippen LogP contribution is -2.51. The van der Waals surface area contributed by atoms with Crippen LogP contribution in [0.2, 0.25) is 5.02 Å². The van der Waals surface area contributed by atoms with Gasteiger partial charge < -0.3 is 10.6 Å². The zero-order valence-corrected chi connectivity index (χ0v) is 18.0. The smallest absolute Gasteiger partial charge is 0.238 e. The van der Waals surface area contributed by atoms with Gasteiger partial charge >= 0.3 is 0 Å². The molecule has 1 aromatic carbocycles. The molecule has 28 heavy (non-hydrogen) atoms. The van der Waals surface area contributed by atoms with Crippen LogP contribution in [0, 0.1) is 5.92 Å². The number of rotatable bonds is 9. The third-order valence-corrected chi connectivity index (χ3v) is 5.26. The van der Waals surface area contributed by atoms with Crippen LogP contribution in [0.15, 0.2) is 24.3 Å². The van der Waals surface area contributed by atoms with Crippen molar-refractivity contribution >= 4 is 29.1 Å². The minimum atomic E-state index is -0.0710. The first kappa shape index (κ1) is 22.7. The first-order chi connectivity index (χ1) is 13.3. The molecule has 0 aliphatic carbocycles. The molecule has 1 heterocycles. The normalized spacial score (nSPS) is 16.8. The summed E-state index contributed by atoms with van der Waals surface area (Å²) in [7, 11) is 0. The molecular formula is C21H33ClN4O2. The predicted molar refractivity (Wildman–Crippen MR) is 115 cm³/mol. The number of nitrogens with one attached hydrogen (secondary N) is 2. The van der Waals surface area contributed by atoms with E-state index in [2.05, 4.69) is 41.2 Å². The Hall–Kier alpha value is -1.63. The quantitative estimate of drug-likeness (QED) is 0.659. The minimum absolute atomic E-state index is 0.0710. The van der Waals surface area contributed by atoms with Crippen molar-refractivity contribution in [1.82, 2.24) is 15.1 Å². The van der Waals surface area contributed by atoms with Gasteiger partial charge in [-0.15, -0.1) is 0 Å². The molecule has 2 N–H and O–H groups in total. The molecule has 1 aliphatic rings. The molecule has 7 heteroatoms. The highest BCUT2D eigenvalue weighted by atomic mass is 35.5. The summed E-state index contributed by atoms with van der Waals surface area (Å²) < 4.78 is 0. The van der Waals surface area contributed by atoms with Crippen LogP contribution in [0.1, 0.15) is 33.6 Å². The number of amides is 2. The molecule has 0 spiro atoms. The molecule has 0 unspecified atom stereocenters. The van der Waals surface area contributed by atoms with Crippen molar-refractivity contribution in [2.75, 3.05) is 44.6 Å².